The van der Waals surface area contributed by atoms with E-state index in [0.717, 1.165) is 37.6 Å². The summed E-state index contributed by atoms with van der Waals surface area (Å²) in [7, 11) is 0. The zero-order valence-corrected chi connectivity index (χ0v) is 13.4. The molecule has 2 aromatic rings. The number of nitrogens with zero attached hydrogens (tertiary/aromatic N) is 4. The Labute approximate surface area is 139 Å². The highest BCUT2D eigenvalue weighted by molar-refractivity contribution is 5.50. The van der Waals surface area contributed by atoms with Crippen LogP contribution >= 0.6 is 0 Å². The van der Waals surface area contributed by atoms with Crippen LogP contribution in [-0.2, 0) is 6.61 Å². The third-order valence-electron chi connectivity index (χ3n) is 3.97. The van der Waals surface area contributed by atoms with Crippen molar-refractivity contribution in [3.63, 3.8) is 0 Å². The Kier molecular flexibility index (Phi) is 4.87. The molecule has 2 heterocycles. The fraction of sp³-hybridized carbons (Fsp3) is 0.353. The summed E-state index contributed by atoms with van der Waals surface area (Å²) in [6.45, 7) is 5.54. The zero-order valence-electron chi connectivity index (χ0n) is 13.4. The van der Waals surface area contributed by atoms with Crippen LogP contribution in [-0.4, -0.2) is 36.1 Å². The number of piperazine rings is 1. The summed E-state index contributed by atoms with van der Waals surface area (Å²) >= 11 is 0. The van der Waals surface area contributed by atoms with Crippen molar-refractivity contribution in [2.45, 2.75) is 13.5 Å². The number of hydrogen-bond donors (Lipinski definition) is 1. The number of anilines is 1. The molecular formula is C17H18FN5O. The highest BCUT2D eigenvalue weighted by Crippen LogP contribution is 2.25. The Hall–Kier alpha value is -2.72. The van der Waals surface area contributed by atoms with Crippen molar-refractivity contribution in [2.75, 3.05) is 31.1 Å². The summed E-state index contributed by atoms with van der Waals surface area (Å²) in [4.78, 5) is 10.7. The molecule has 0 unspecified atom stereocenters. The third-order valence-corrected chi connectivity index (χ3v) is 3.97. The molecule has 1 aliphatic rings. The lowest BCUT2D eigenvalue weighted by Crippen LogP contribution is -2.44. The van der Waals surface area contributed by atoms with E-state index in [1.54, 1.807) is 12.1 Å². The van der Waals surface area contributed by atoms with E-state index < -0.39 is 5.82 Å². The molecule has 0 atom stereocenters. The molecule has 6 nitrogen and oxygen atoms in total. The van der Waals surface area contributed by atoms with Crippen molar-refractivity contribution in [3.05, 3.63) is 47.0 Å². The van der Waals surface area contributed by atoms with Gasteiger partial charge in [-0.15, -0.1) is 0 Å². The van der Waals surface area contributed by atoms with E-state index in [-0.39, 0.29) is 12.2 Å². The molecular weight excluding hydrogens is 309 g/mol. The number of aromatic nitrogens is 2. The molecule has 1 aromatic heterocycles. The second-order valence-electron chi connectivity index (χ2n) is 5.57. The van der Waals surface area contributed by atoms with Crippen LogP contribution in [0.25, 0.3) is 0 Å². The average Bonchev–Trinajstić information content (AvgIpc) is 2.62. The minimum absolute atomic E-state index is 0.0520. The smallest absolute Gasteiger partial charge is 0.221 e. The summed E-state index contributed by atoms with van der Waals surface area (Å²) < 4.78 is 19.6. The third kappa shape index (κ3) is 3.44. The highest BCUT2D eigenvalue weighted by Gasteiger charge is 2.17. The van der Waals surface area contributed by atoms with E-state index in [4.69, 9.17) is 10.00 Å². The van der Waals surface area contributed by atoms with E-state index >= 15 is 0 Å². The molecule has 0 spiro atoms. The summed E-state index contributed by atoms with van der Waals surface area (Å²) in [5.41, 5.74) is 1.51. The van der Waals surface area contributed by atoms with Crippen LogP contribution in [0.4, 0.5) is 10.2 Å². The number of halogens is 1. The molecule has 0 amide bonds. The first-order valence-electron chi connectivity index (χ1n) is 7.77. The Bertz CT molecular complexity index is 768. The van der Waals surface area contributed by atoms with Crippen molar-refractivity contribution >= 4 is 5.82 Å². The highest BCUT2D eigenvalue weighted by atomic mass is 19.1. The Morgan fingerprint density at radius 2 is 2.12 bits per heavy atom. The lowest BCUT2D eigenvalue weighted by atomic mass is 10.1. The molecule has 124 valence electrons. The fourth-order valence-electron chi connectivity index (χ4n) is 2.65. The standard InChI is InChI=1S/C17H18FN5O/c1-12-16(23-6-4-20-5-7-23)21-11-22-17(12)24-10-14-3-2-13(9-19)8-15(14)18/h2-3,8,11,20H,4-7,10H2,1H3. The molecule has 0 aliphatic carbocycles. The van der Waals surface area contributed by atoms with Crippen molar-refractivity contribution < 1.29 is 9.13 Å². The van der Waals surface area contributed by atoms with Crippen molar-refractivity contribution in [2.24, 2.45) is 0 Å². The molecule has 1 fully saturated rings. The maximum Gasteiger partial charge on any atom is 0.221 e. The molecule has 1 saturated heterocycles. The lowest BCUT2D eigenvalue weighted by Gasteiger charge is -2.29. The Morgan fingerprint density at radius 1 is 1.33 bits per heavy atom. The zero-order chi connectivity index (χ0) is 16.9. The van der Waals surface area contributed by atoms with Gasteiger partial charge in [0, 0.05) is 31.7 Å². The normalized spacial score (nSPS) is 14.3. The first-order valence-corrected chi connectivity index (χ1v) is 7.77. The number of benzene rings is 1. The number of ether oxygens (including phenoxy) is 1. The molecule has 7 heteroatoms. The van der Waals surface area contributed by atoms with Crippen molar-refractivity contribution in [1.29, 1.82) is 5.26 Å². The van der Waals surface area contributed by atoms with Gasteiger partial charge in [0.1, 0.15) is 24.6 Å². The van der Waals surface area contributed by atoms with Gasteiger partial charge in [0.25, 0.3) is 0 Å². The van der Waals surface area contributed by atoms with Crippen LogP contribution in [0.1, 0.15) is 16.7 Å². The summed E-state index contributed by atoms with van der Waals surface area (Å²) in [6.07, 6.45) is 1.47. The number of nitrogens with one attached hydrogen (secondary N) is 1. The van der Waals surface area contributed by atoms with Crippen LogP contribution in [0.15, 0.2) is 24.5 Å². The number of rotatable bonds is 4. The van der Waals surface area contributed by atoms with E-state index in [1.165, 1.54) is 12.4 Å². The van der Waals surface area contributed by atoms with Crippen LogP contribution < -0.4 is 15.0 Å². The van der Waals surface area contributed by atoms with Crippen LogP contribution in [0, 0.1) is 24.1 Å². The summed E-state index contributed by atoms with van der Waals surface area (Å²) in [5.74, 6) is 0.840. The summed E-state index contributed by atoms with van der Waals surface area (Å²) in [5, 5.41) is 12.1. The van der Waals surface area contributed by atoms with Gasteiger partial charge in [-0.3, -0.25) is 0 Å². The maximum absolute atomic E-state index is 13.9. The maximum atomic E-state index is 13.9. The van der Waals surface area contributed by atoms with Gasteiger partial charge in [-0.25, -0.2) is 14.4 Å². The molecule has 1 aliphatic heterocycles. The largest absolute Gasteiger partial charge is 0.472 e. The second-order valence-corrected chi connectivity index (χ2v) is 5.57. The lowest BCUT2D eigenvalue weighted by molar-refractivity contribution is 0.285. The van der Waals surface area contributed by atoms with E-state index in [0.29, 0.717) is 11.4 Å². The first-order chi connectivity index (χ1) is 11.7. The SMILES string of the molecule is Cc1c(OCc2ccc(C#N)cc2F)ncnc1N1CCNCC1. The quantitative estimate of drug-likeness (QED) is 0.923. The topological polar surface area (TPSA) is 74.1 Å². The molecule has 1 aromatic carbocycles. The van der Waals surface area contributed by atoms with Gasteiger partial charge in [0.05, 0.1) is 17.2 Å². The minimum Gasteiger partial charge on any atom is -0.472 e. The molecule has 3 rings (SSSR count). The van der Waals surface area contributed by atoms with E-state index in [1.807, 2.05) is 13.0 Å². The van der Waals surface area contributed by atoms with Crippen LogP contribution in [0.3, 0.4) is 0 Å². The van der Waals surface area contributed by atoms with Crippen molar-refractivity contribution in [1.82, 2.24) is 15.3 Å². The van der Waals surface area contributed by atoms with Gasteiger partial charge in [-0.1, -0.05) is 6.07 Å². The van der Waals surface area contributed by atoms with Gasteiger partial charge in [-0.2, -0.15) is 5.26 Å². The first kappa shape index (κ1) is 16.1. The number of nitriles is 1. The fourth-order valence-corrected chi connectivity index (χ4v) is 2.65. The number of hydrogen-bond acceptors (Lipinski definition) is 6. The average molecular weight is 327 g/mol. The molecule has 24 heavy (non-hydrogen) atoms. The van der Waals surface area contributed by atoms with E-state index in [2.05, 4.69) is 20.2 Å². The molecule has 0 radical (unpaired) electrons. The molecule has 0 bridgehead atoms. The van der Waals surface area contributed by atoms with Crippen LogP contribution in [0.2, 0.25) is 0 Å². The monoisotopic (exact) mass is 327 g/mol. The van der Waals surface area contributed by atoms with Gasteiger partial charge in [-0.05, 0) is 19.1 Å². The summed E-state index contributed by atoms with van der Waals surface area (Å²) in [6, 6.07) is 6.24. The van der Waals surface area contributed by atoms with Gasteiger partial charge >= 0.3 is 0 Å². The van der Waals surface area contributed by atoms with Gasteiger partial charge in [0.15, 0.2) is 0 Å². The second kappa shape index (κ2) is 7.23. The predicted octanol–water partition coefficient (Wildman–Crippen LogP) is 1.78. The predicted molar refractivity (Wildman–Crippen MR) is 87.3 cm³/mol. The van der Waals surface area contributed by atoms with E-state index in [9.17, 15) is 4.39 Å². The Morgan fingerprint density at radius 3 is 2.83 bits per heavy atom. The Balaban J connectivity index is 1.75. The van der Waals surface area contributed by atoms with Gasteiger partial charge < -0.3 is 15.0 Å². The minimum atomic E-state index is -0.455. The van der Waals surface area contributed by atoms with Crippen LogP contribution in [0.5, 0.6) is 5.88 Å². The molecule has 0 saturated carbocycles. The van der Waals surface area contributed by atoms with Crippen molar-refractivity contribution in [3.8, 4) is 11.9 Å². The van der Waals surface area contributed by atoms with Gasteiger partial charge in [0.2, 0.25) is 5.88 Å². The molecule has 1 N–H and O–H groups in total.